The van der Waals surface area contributed by atoms with Gasteiger partial charge in [0.25, 0.3) is 0 Å². The highest BCUT2D eigenvalue weighted by molar-refractivity contribution is 6.27. The van der Waals surface area contributed by atoms with Crippen LogP contribution in [0.3, 0.4) is 0 Å². The lowest BCUT2D eigenvalue weighted by molar-refractivity contribution is 1.28. The lowest BCUT2D eigenvalue weighted by Gasteiger charge is -2.28. The molecule has 0 aromatic heterocycles. The Morgan fingerprint density at radius 1 is 0.220 bits per heavy atom. The number of hydrogen-bond donors (Lipinski definition) is 0. The van der Waals surface area contributed by atoms with Crippen molar-refractivity contribution in [1.29, 1.82) is 0 Å². The third-order valence-corrected chi connectivity index (χ3v) is 11.9. The fraction of sp³-hybridized carbons (Fsp3) is 0. The van der Waals surface area contributed by atoms with Crippen LogP contribution in [0.5, 0.6) is 0 Å². The van der Waals surface area contributed by atoms with Gasteiger partial charge in [0.1, 0.15) is 0 Å². The number of anilines is 3. The summed E-state index contributed by atoms with van der Waals surface area (Å²) in [5.74, 6) is 0. The van der Waals surface area contributed by atoms with Crippen molar-refractivity contribution in [3.05, 3.63) is 237 Å². The molecule has 0 spiro atoms. The Kier molecular flexibility index (Phi) is 8.56. The summed E-state index contributed by atoms with van der Waals surface area (Å²) in [5.41, 5.74) is 15.5. The summed E-state index contributed by atoms with van der Waals surface area (Å²) < 4.78 is 0. The Bertz CT molecular complexity index is 3210. The summed E-state index contributed by atoms with van der Waals surface area (Å²) in [6, 6.07) is 86.1. The van der Waals surface area contributed by atoms with Crippen molar-refractivity contribution >= 4 is 49.4 Å². The van der Waals surface area contributed by atoms with Crippen LogP contribution in [0, 0.1) is 0 Å². The normalized spacial score (nSPS) is 11.4. The first kappa shape index (κ1) is 34.5. The smallest absolute Gasteiger partial charge is 0.0540 e. The summed E-state index contributed by atoms with van der Waals surface area (Å²) in [6.07, 6.45) is 0. The molecule has 11 aromatic rings. The monoisotopic (exact) mass is 749 g/mol. The van der Waals surface area contributed by atoms with Gasteiger partial charge in [0.05, 0.1) is 5.69 Å². The van der Waals surface area contributed by atoms with Crippen LogP contribution in [0.4, 0.5) is 17.1 Å². The van der Waals surface area contributed by atoms with E-state index in [1.54, 1.807) is 0 Å². The van der Waals surface area contributed by atoms with Crippen LogP contribution in [0.25, 0.3) is 88.0 Å². The minimum Gasteiger partial charge on any atom is -0.310 e. The average Bonchev–Trinajstić information content (AvgIpc) is 3.32. The summed E-state index contributed by atoms with van der Waals surface area (Å²) in [4.78, 5) is 2.39. The van der Waals surface area contributed by atoms with Gasteiger partial charge in [-0.15, -0.1) is 0 Å². The molecular formula is C58H39N. The highest BCUT2D eigenvalue weighted by Crippen LogP contribution is 2.45. The van der Waals surface area contributed by atoms with Gasteiger partial charge in [-0.05, 0) is 113 Å². The Hall–Kier alpha value is -7.74. The van der Waals surface area contributed by atoms with Gasteiger partial charge in [-0.2, -0.15) is 0 Å². The van der Waals surface area contributed by atoms with Crippen molar-refractivity contribution in [2.75, 3.05) is 4.90 Å². The zero-order valence-corrected chi connectivity index (χ0v) is 32.5. The summed E-state index contributed by atoms with van der Waals surface area (Å²) in [6.45, 7) is 0. The predicted molar refractivity (Wildman–Crippen MR) is 252 cm³/mol. The van der Waals surface area contributed by atoms with Crippen molar-refractivity contribution in [2.45, 2.75) is 0 Å². The van der Waals surface area contributed by atoms with Crippen LogP contribution in [-0.2, 0) is 0 Å². The molecule has 0 bridgehead atoms. The average molecular weight is 750 g/mol. The van der Waals surface area contributed by atoms with Crippen molar-refractivity contribution in [3.8, 4) is 55.6 Å². The van der Waals surface area contributed by atoms with Crippen LogP contribution in [-0.4, -0.2) is 0 Å². The van der Waals surface area contributed by atoms with E-state index in [4.69, 9.17) is 0 Å². The first-order chi connectivity index (χ1) is 29.3. The zero-order chi connectivity index (χ0) is 39.1. The molecule has 0 radical (unpaired) electrons. The fourth-order valence-corrected chi connectivity index (χ4v) is 8.96. The van der Waals surface area contributed by atoms with E-state index in [0.29, 0.717) is 0 Å². The van der Waals surface area contributed by atoms with Crippen molar-refractivity contribution in [1.82, 2.24) is 0 Å². The molecule has 276 valence electrons. The highest BCUT2D eigenvalue weighted by Gasteiger charge is 2.19. The largest absolute Gasteiger partial charge is 0.310 e. The molecule has 11 aromatic carbocycles. The third kappa shape index (κ3) is 6.21. The maximum Gasteiger partial charge on any atom is 0.0540 e. The number of rotatable bonds is 8. The molecule has 59 heavy (non-hydrogen) atoms. The molecule has 0 heterocycles. The molecule has 0 atom stereocenters. The SMILES string of the molecule is c1ccc(-c2ccc(-c3ccc4ccc5c(-c6ccc(N(c7ccc(-c8ccccc8)cc7)c7ccccc7-c7ccccc7)cc6)ccc6ccc3c4c65)cc2)cc1. The molecule has 0 aliphatic carbocycles. The molecule has 1 nitrogen and oxygen atoms in total. The van der Waals surface area contributed by atoms with Crippen LogP contribution in [0.15, 0.2) is 237 Å². The Morgan fingerprint density at radius 3 is 1.05 bits per heavy atom. The van der Waals surface area contributed by atoms with E-state index in [1.807, 2.05) is 0 Å². The maximum atomic E-state index is 2.39. The maximum absolute atomic E-state index is 2.39. The summed E-state index contributed by atoms with van der Waals surface area (Å²) >= 11 is 0. The predicted octanol–water partition coefficient (Wildman–Crippen LogP) is 16.4. The van der Waals surface area contributed by atoms with Gasteiger partial charge in [-0.1, -0.05) is 206 Å². The van der Waals surface area contributed by atoms with Gasteiger partial charge < -0.3 is 4.90 Å². The lowest BCUT2D eigenvalue weighted by Crippen LogP contribution is -2.11. The number of benzene rings is 11. The molecule has 0 amide bonds. The second-order valence-electron chi connectivity index (χ2n) is 15.3. The van der Waals surface area contributed by atoms with Gasteiger partial charge >= 0.3 is 0 Å². The topological polar surface area (TPSA) is 3.24 Å². The minimum absolute atomic E-state index is 1.10. The van der Waals surface area contributed by atoms with Crippen LogP contribution in [0.1, 0.15) is 0 Å². The highest BCUT2D eigenvalue weighted by atomic mass is 15.1. The molecule has 1 heteroatoms. The van der Waals surface area contributed by atoms with Gasteiger partial charge in [-0.3, -0.25) is 0 Å². The van der Waals surface area contributed by atoms with E-state index < -0.39 is 0 Å². The van der Waals surface area contributed by atoms with Crippen molar-refractivity contribution < 1.29 is 0 Å². The summed E-state index contributed by atoms with van der Waals surface area (Å²) in [5, 5.41) is 7.73. The van der Waals surface area contributed by atoms with Gasteiger partial charge in [0, 0.05) is 16.9 Å². The molecule has 0 aliphatic heterocycles. The second-order valence-corrected chi connectivity index (χ2v) is 15.3. The van der Waals surface area contributed by atoms with Gasteiger partial charge in [0.2, 0.25) is 0 Å². The van der Waals surface area contributed by atoms with Crippen LogP contribution >= 0.6 is 0 Å². The second kappa shape index (κ2) is 14.6. The number of nitrogens with zero attached hydrogens (tertiary/aromatic N) is 1. The van der Waals surface area contributed by atoms with E-state index in [9.17, 15) is 0 Å². The molecule has 0 saturated carbocycles. The molecule has 0 fully saturated rings. The first-order valence-electron chi connectivity index (χ1n) is 20.3. The third-order valence-electron chi connectivity index (χ3n) is 11.9. The first-order valence-corrected chi connectivity index (χ1v) is 20.3. The standard InChI is InChI=1S/C58H39N/c1-4-12-40(13-5-1)42-20-22-45(23-21-42)51-36-28-47-31-39-55-52(37-29-48-30-38-54(51)57(47)58(48)55)46-26-34-50(35-27-46)59(49-32-24-43(25-33-49)41-14-6-2-7-15-41)56-19-11-10-18-53(56)44-16-8-3-9-17-44/h1-39H. The van der Waals surface area contributed by atoms with Crippen LogP contribution in [0.2, 0.25) is 0 Å². The number of para-hydroxylation sites is 1. The van der Waals surface area contributed by atoms with E-state index in [2.05, 4.69) is 241 Å². The minimum atomic E-state index is 1.10. The van der Waals surface area contributed by atoms with Gasteiger partial charge in [-0.25, -0.2) is 0 Å². The van der Waals surface area contributed by atoms with Crippen LogP contribution < -0.4 is 4.90 Å². The molecule has 0 unspecified atom stereocenters. The van der Waals surface area contributed by atoms with E-state index >= 15 is 0 Å². The van der Waals surface area contributed by atoms with E-state index in [-0.39, 0.29) is 0 Å². The lowest BCUT2D eigenvalue weighted by atomic mass is 9.87. The molecule has 0 saturated heterocycles. The van der Waals surface area contributed by atoms with Gasteiger partial charge in [0.15, 0.2) is 0 Å². The van der Waals surface area contributed by atoms with Crippen molar-refractivity contribution in [3.63, 3.8) is 0 Å². The zero-order valence-electron chi connectivity index (χ0n) is 32.5. The Labute approximate surface area is 345 Å². The van der Waals surface area contributed by atoms with E-state index in [0.717, 1.165) is 17.1 Å². The van der Waals surface area contributed by atoms with E-state index in [1.165, 1.54) is 88.0 Å². The molecular weight excluding hydrogens is 711 g/mol. The Balaban J connectivity index is 1.01. The fourth-order valence-electron chi connectivity index (χ4n) is 8.96. The molecule has 0 aliphatic rings. The number of hydrogen-bond acceptors (Lipinski definition) is 1. The quantitative estimate of drug-likeness (QED) is 0.140. The van der Waals surface area contributed by atoms with Crippen molar-refractivity contribution in [2.24, 2.45) is 0 Å². The summed E-state index contributed by atoms with van der Waals surface area (Å²) in [7, 11) is 0. The molecule has 11 rings (SSSR count). The Morgan fingerprint density at radius 2 is 0.559 bits per heavy atom. The molecule has 0 N–H and O–H groups in total.